The second-order valence-corrected chi connectivity index (χ2v) is 3.95. The molecule has 1 aromatic carbocycles. The van der Waals surface area contributed by atoms with Crippen LogP contribution < -0.4 is 16.4 Å². The highest BCUT2D eigenvalue weighted by Crippen LogP contribution is 2.22. The minimum absolute atomic E-state index is 0.00971. The molecule has 110 valence electrons. The highest BCUT2D eigenvalue weighted by atomic mass is 19.1. The lowest BCUT2D eigenvalue weighted by Gasteiger charge is -2.11. The van der Waals surface area contributed by atoms with E-state index in [9.17, 15) is 14.0 Å². The number of esters is 1. The standard InChI is InChI=1S/C13H18FN3O3/c1-3-16-12(18)7-17-11-5-8(13(19)20-4-2)10(15)6-9(11)14/h5-6,17H,3-4,7,15H2,1-2H3,(H,16,18). The molecule has 0 aromatic heterocycles. The normalized spacial score (nSPS) is 9.95. The van der Waals surface area contributed by atoms with Gasteiger partial charge in [-0.2, -0.15) is 0 Å². The minimum atomic E-state index is -0.639. The quantitative estimate of drug-likeness (QED) is 0.537. The van der Waals surface area contributed by atoms with Crippen molar-refractivity contribution in [2.75, 3.05) is 30.7 Å². The number of nitrogens with one attached hydrogen (secondary N) is 2. The van der Waals surface area contributed by atoms with Crippen molar-refractivity contribution in [2.45, 2.75) is 13.8 Å². The van der Waals surface area contributed by atoms with E-state index in [4.69, 9.17) is 10.5 Å². The molecule has 6 nitrogen and oxygen atoms in total. The maximum absolute atomic E-state index is 13.7. The largest absolute Gasteiger partial charge is 0.462 e. The summed E-state index contributed by atoms with van der Waals surface area (Å²) in [5.41, 5.74) is 5.65. The van der Waals surface area contributed by atoms with Crippen LogP contribution in [0.5, 0.6) is 0 Å². The topological polar surface area (TPSA) is 93.5 Å². The molecule has 4 N–H and O–H groups in total. The zero-order valence-corrected chi connectivity index (χ0v) is 11.5. The van der Waals surface area contributed by atoms with Crippen LogP contribution in [0.25, 0.3) is 0 Å². The van der Waals surface area contributed by atoms with Crippen LogP contribution in [0.1, 0.15) is 24.2 Å². The molecule has 0 aliphatic rings. The van der Waals surface area contributed by atoms with E-state index in [1.165, 1.54) is 6.07 Å². The van der Waals surface area contributed by atoms with Gasteiger partial charge in [0, 0.05) is 12.2 Å². The van der Waals surface area contributed by atoms with E-state index in [1.54, 1.807) is 13.8 Å². The van der Waals surface area contributed by atoms with Crippen LogP contribution in [0.15, 0.2) is 12.1 Å². The van der Waals surface area contributed by atoms with Gasteiger partial charge in [-0.15, -0.1) is 0 Å². The molecule has 0 radical (unpaired) electrons. The number of likely N-dealkylation sites (N-methyl/N-ethyl adjacent to an activating group) is 1. The Morgan fingerprint density at radius 2 is 2.05 bits per heavy atom. The van der Waals surface area contributed by atoms with Gasteiger partial charge < -0.3 is 21.1 Å². The molecule has 0 unspecified atom stereocenters. The van der Waals surface area contributed by atoms with Gasteiger partial charge in [0.25, 0.3) is 0 Å². The molecule has 1 rings (SSSR count). The number of hydrogen-bond acceptors (Lipinski definition) is 5. The summed E-state index contributed by atoms with van der Waals surface area (Å²) in [6.07, 6.45) is 0. The van der Waals surface area contributed by atoms with Gasteiger partial charge in [0.15, 0.2) is 0 Å². The van der Waals surface area contributed by atoms with Crippen molar-refractivity contribution in [3.63, 3.8) is 0 Å². The lowest BCUT2D eigenvalue weighted by Crippen LogP contribution is -2.29. The number of benzene rings is 1. The van der Waals surface area contributed by atoms with Crippen LogP contribution >= 0.6 is 0 Å². The van der Waals surface area contributed by atoms with Crippen molar-refractivity contribution in [1.29, 1.82) is 0 Å². The Kier molecular flexibility index (Phi) is 5.76. The third kappa shape index (κ3) is 4.11. The maximum Gasteiger partial charge on any atom is 0.340 e. The van der Waals surface area contributed by atoms with Gasteiger partial charge in [-0.05, 0) is 26.0 Å². The lowest BCUT2D eigenvalue weighted by molar-refractivity contribution is -0.119. The summed E-state index contributed by atoms with van der Waals surface area (Å²) >= 11 is 0. The van der Waals surface area contributed by atoms with E-state index < -0.39 is 11.8 Å². The molecule has 1 amide bonds. The number of anilines is 2. The van der Waals surface area contributed by atoms with Crippen molar-refractivity contribution < 1.29 is 18.7 Å². The Morgan fingerprint density at radius 1 is 1.35 bits per heavy atom. The van der Waals surface area contributed by atoms with Gasteiger partial charge in [0.1, 0.15) is 5.82 Å². The number of nitrogen functional groups attached to an aromatic ring is 1. The van der Waals surface area contributed by atoms with Gasteiger partial charge in [-0.1, -0.05) is 0 Å². The smallest absolute Gasteiger partial charge is 0.340 e. The predicted molar refractivity (Wildman–Crippen MR) is 73.9 cm³/mol. The second kappa shape index (κ2) is 7.32. The zero-order chi connectivity index (χ0) is 15.1. The fraction of sp³-hybridized carbons (Fsp3) is 0.385. The van der Waals surface area contributed by atoms with E-state index in [0.29, 0.717) is 6.54 Å². The molecule has 0 spiro atoms. The highest BCUT2D eigenvalue weighted by Gasteiger charge is 2.15. The first-order valence-corrected chi connectivity index (χ1v) is 6.26. The van der Waals surface area contributed by atoms with E-state index in [2.05, 4.69) is 10.6 Å². The van der Waals surface area contributed by atoms with Crippen LogP contribution in [0.4, 0.5) is 15.8 Å². The molecule has 0 saturated heterocycles. The molecule has 1 aromatic rings. The van der Waals surface area contributed by atoms with Crippen LogP contribution in [0.3, 0.4) is 0 Å². The van der Waals surface area contributed by atoms with E-state index in [0.717, 1.165) is 6.07 Å². The summed E-state index contributed by atoms with van der Waals surface area (Å²) in [5, 5.41) is 5.18. The second-order valence-electron chi connectivity index (χ2n) is 3.95. The van der Waals surface area contributed by atoms with Gasteiger partial charge in [0.2, 0.25) is 5.91 Å². The first-order valence-electron chi connectivity index (χ1n) is 6.26. The number of nitrogens with two attached hydrogens (primary N) is 1. The molecule has 20 heavy (non-hydrogen) atoms. The zero-order valence-electron chi connectivity index (χ0n) is 11.5. The van der Waals surface area contributed by atoms with Crippen LogP contribution in [-0.4, -0.2) is 31.6 Å². The summed E-state index contributed by atoms with van der Waals surface area (Å²) in [7, 11) is 0. The Labute approximate surface area is 116 Å². The van der Waals surface area contributed by atoms with E-state index in [1.807, 2.05) is 0 Å². The molecular weight excluding hydrogens is 265 g/mol. The SMILES string of the molecule is CCNC(=O)CNc1cc(C(=O)OCC)c(N)cc1F. The fourth-order valence-electron chi connectivity index (χ4n) is 1.54. The van der Waals surface area contributed by atoms with Crippen molar-refractivity contribution in [2.24, 2.45) is 0 Å². The maximum atomic E-state index is 13.7. The third-order valence-corrected chi connectivity index (χ3v) is 2.45. The first kappa shape index (κ1) is 15.7. The molecule has 7 heteroatoms. The van der Waals surface area contributed by atoms with Crippen molar-refractivity contribution in [3.05, 3.63) is 23.5 Å². The van der Waals surface area contributed by atoms with Crippen molar-refractivity contribution >= 4 is 23.3 Å². The highest BCUT2D eigenvalue weighted by molar-refractivity contribution is 5.96. The Morgan fingerprint density at radius 3 is 2.65 bits per heavy atom. The van der Waals surface area contributed by atoms with Gasteiger partial charge in [-0.25, -0.2) is 9.18 Å². The molecule has 0 heterocycles. The molecule has 0 fully saturated rings. The number of rotatable bonds is 6. The van der Waals surface area contributed by atoms with Crippen molar-refractivity contribution in [3.8, 4) is 0 Å². The number of carbonyl (C=O) groups excluding carboxylic acids is 2. The summed E-state index contributed by atoms with van der Waals surface area (Å²) in [5.74, 6) is -1.55. The van der Waals surface area contributed by atoms with E-state index in [-0.39, 0.29) is 36.0 Å². The summed E-state index contributed by atoms with van der Waals surface area (Å²) in [6, 6.07) is 2.26. The molecule has 0 aliphatic carbocycles. The van der Waals surface area contributed by atoms with E-state index >= 15 is 0 Å². The molecule has 0 bridgehead atoms. The van der Waals surface area contributed by atoms with Gasteiger partial charge >= 0.3 is 5.97 Å². The Balaban J connectivity index is 2.88. The number of halogens is 1. The molecule has 0 atom stereocenters. The number of carbonyl (C=O) groups is 2. The number of hydrogen-bond donors (Lipinski definition) is 3. The summed E-state index contributed by atoms with van der Waals surface area (Å²) in [6.45, 7) is 4.01. The Hall–Kier alpha value is -2.31. The van der Waals surface area contributed by atoms with Crippen LogP contribution in [-0.2, 0) is 9.53 Å². The molecular formula is C13H18FN3O3. The average Bonchev–Trinajstić information content (AvgIpc) is 2.38. The fourth-order valence-corrected chi connectivity index (χ4v) is 1.54. The number of ether oxygens (including phenoxy) is 1. The summed E-state index contributed by atoms with van der Waals surface area (Å²) < 4.78 is 18.5. The van der Waals surface area contributed by atoms with Crippen LogP contribution in [0, 0.1) is 5.82 Å². The average molecular weight is 283 g/mol. The summed E-state index contributed by atoms with van der Waals surface area (Å²) in [4.78, 5) is 22.9. The van der Waals surface area contributed by atoms with Crippen molar-refractivity contribution in [1.82, 2.24) is 5.32 Å². The third-order valence-electron chi connectivity index (χ3n) is 2.45. The number of amides is 1. The monoisotopic (exact) mass is 283 g/mol. The Bertz CT molecular complexity index is 506. The minimum Gasteiger partial charge on any atom is -0.462 e. The lowest BCUT2D eigenvalue weighted by atomic mass is 10.1. The van der Waals surface area contributed by atoms with Crippen LogP contribution in [0.2, 0.25) is 0 Å². The molecule has 0 saturated carbocycles. The van der Waals surface area contributed by atoms with Gasteiger partial charge in [0.05, 0.1) is 24.4 Å². The first-order chi connectivity index (χ1) is 9.49. The molecule has 0 aliphatic heterocycles. The van der Waals surface area contributed by atoms with Gasteiger partial charge in [-0.3, -0.25) is 4.79 Å². The predicted octanol–water partition coefficient (Wildman–Crippen LogP) is 1.13.